The van der Waals surface area contributed by atoms with E-state index in [1.54, 1.807) is 24.3 Å². The number of H-pyrrole nitrogens is 1. The fraction of sp³-hybridized carbons (Fsp3) is 0.200. The number of nitrogens with one attached hydrogen (secondary N) is 1. The number of fused-ring (bicyclic) bond motifs is 1. The van der Waals surface area contributed by atoms with Crippen molar-refractivity contribution in [3.63, 3.8) is 0 Å². The standard InChI is InChI=1S/C20H18ClN3O6/c1-11(19(26)29-3)30-17-12(8-13(21)9-16(17)28-2)10-22-24-18(25)14-6-4-5-7-15(14)23-20(24)27/h4-11H,1-3H3,(H,23,27)/t11-/m1/s1. The van der Waals surface area contributed by atoms with Gasteiger partial charge in [-0.3, -0.25) is 4.79 Å². The fourth-order valence-electron chi connectivity index (χ4n) is 2.73. The Morgan fingerprint density at radius 2 is 1.97 bits per heavy atom. The van der Waals surface area contributed by atoms with Gasteiger partial charge in [0, 0.05) is 16.7 Å². The van der Waals surface area contributed by atoms with E-state index in [1.165, 1.54) is 39.5 Å². The number of aromatic amines is 1. The molecule has 0 amide bonds. The second-order valence-electron chi connectivity index (χ2n) is 6.15. The number of methoxy groups -OCH3 is 2. The molecule has 2 aromatic carbocycles. The Hall–Kier alpha value is -3.59. The van der Waals surface area contributed by atoms with Gasteiger partial charge in [-0.25, -0.2) is 9.59 Å². The van der Waals surface area contributed by atoms with Crippen LogP contribution in [0.4, 0.5) is 0 Å². The van der Waals surface area contributed by atoms with Crippen molar-refractivity contribution in [2.24, 2.45) is 5.10 Å². The quantitative estimate of drug-likeness (QED) is 0.473. The Morgan fingerprint density at radius 3 is 2.67 bits per heavy atom. The average Bonchev–Trinajstić information content (AvgIpc) is 2.74. The minimum absolute atomic E-state index is 0.147. The molecule has 10 heteroatoms. The number of carbonyl (C=O) groups is 1. The molecule has 30 heavy (non-hydrogen) atoms. The van der Waals surface area contributed by atoms with Crippen LogP contribution in [0.25, 0.3) is 10.9 Å². The summed E-state index contributed by atoms with van der Waals surface area (Å²) in [6.07, 6.45) is 0.267. The van der Waals surface area contributed by atoms with Crippen LogP contribution in [0.3, 0.4) is 0 Å². The summed E-state index contributed by atoms with van der Waals surface area (Å²) in [5.41, 5.74) is -0.617. The zero-order valence-electron chi connectivity index (χ0n) is 16.3. The van der Waals surface area contributed by atoms with Gasteiger partial charge in [0.05, 0.1) is 31.3 Å². The molecule has 0 unspecified atom stereocenters. The van der Waals surface area contributed by atoms with Crippen LogP contribution in [0.1, 0.15) is 12.5 Å². The van der Waals surface area contributed by atoms with Crippen LogP contribution in [0.15, 0.2) is 51.1 Å². The van der Waals surface area contributed by atoms with Gasteiger partial charge in [0.1, 0.15) is 0 Å². The number of ether oxygens (including phenoxy) is 3. The van der Waals surface area contributed by atoms with Crippen LogP contribution in [0.2, 0.25) is 5.02 Å². The summed E-state index contributed by atoms with van der Waals surface area (Å²) >= 11 is 6.12. The van der Waals surface area contributed by atoms with Crippen molar-refractivity contribution in [2.45, 2.75) is 13.0 Å². The molecule has 156 valence electrons. The third-order valence-corrected chi connectivity index (χ3v) is 4.41. The summed E-state index contributed by atoms with van der Waals surface area (Å²) in [5.74, 6) is -0.217. The summed E-state index contributed by atoms with van der Waals surface area (Å²) < 4.78 is 16.3. The average molecular weight is 432 g/mol. The van der Waals surface area contributed by atoms with Crippen molar-refractivity contribution in [1.29, 1.82) is 0 Å². The van der Waals surface area contributed by atoms with E-state index in [2.05, 4.69) is 14.8 Å². The van der Waals surface area contributed by atoms with Crippen molar-refractivity contribution in [2.75, 3.05) is 14.2 Å². The van der Waals surface area contributed by atoms with Gasteiger partial charge in [-0.2, -0.15) is 5.10 Å². The largest absolute Gasteiger partial charge is 0.493 e. The molecule has 1 N–H and O–H groups in total. The smallest absolute Gasteiger partial charge is 0.349 e. The lowest BCUT2D eigenvalue weighted by Gasteiger charge is -2.17. The van der Waals surface area contributed by atoms with Gasteiger partial charge in [0.15, 0.2) is 17.6 Å². The lowest BCUT2D eigenvalue weighted by molar-refractivity contribution is -0.147. The predicted octanol–water partition coefficient (Wildman–Crippen LogP) is 2.17. The lowest BCUT2D eigenvalue weighted by atomic mass is 10.2. The van der Waals surface area contributed by atoms with E-state index in [0.717, 1.165) is 0 Å². The van der Waals surface area contributed by atoms with E-state index < -0.39 is 23.3 Å². The minimum Gasteiger partial charge on any atom is -0.493 e. The number of rotatable bonds is 6. The number of benzene rings is 2. The fourth-order valence-corrected chi connectivity index (χ4v) is 2.95. The minimum atomic E-state index is -0.955. The highest BCUT2D eigenvalue weighted by atomic mass is 35.5. The predicted molar refractivity (Wildman–Crippen MR) is 112 cm³/mol. The number of halogens is 1. The summed E-state index contributed by atoms with van der Waals surface area (Å²) in [4.78, 5) is 39.3. The number of aromatic nitrogens is 2. The molecule has 0 saturated heterocycles. The maximum Gasteiger partial charge on any atom is 0.349 e. The maximum absolute atomic E-state index is 12.6. The van der Waals surface area contributed by atoms with E-state index in [9.17, 15) is 14.4 Å². The number of para-hydroxylation sites is 1. The van der Waals surface area contributed by atoms with Crippen molar-refractivity contribution in [3.8, 4) is 11.5 Å². The van der Waals surface area contributed by atoms with Gasteiger partial charge < -0.3 is 19.2 Å². The van der Waals surface area contributed by atoms with Crippen molar-refractivity contribution < 1.29 is 19.0 Å². The van der Waals surface area contributed by atoms with Gasteiger partial charge in [-0.15, -0.1) is 4.68 Å². The molecule has 0 saturated carbocycles. The Labute approximate surface area is 175 Å². The summed E-state index contributed by atoms with van der Waals surface area (Å²) in [6.45, 7) is 1.50. The Balaban J connectivity index is 2.10. The molecule has 3 aromatic rings. The first-order chi connectivity index (χ1) is 14.3. The molecule has 1 atom stereocenters. The van der Waals surface area contributed by atoms with Crippen LogP contribution in [-0.2, 0) is 9.53 Å². The molecule has 9 nitrogen and oxygen atoms in total. The molecule has 0 radical (unpaired) electrons. The van der Waals surface area contributed by atoms with Gasteiger partial charge in [-0.05, 0) is 25.1 Å². The number of carbonyl (C=O) groups excluding carboxylic acids is 1. The molecule has 0 bridgehead atoms. The Bertz CT molecular complexity index is 1250. The summed E-state index contributed by atoms with van der Waals surface area (Å²) in [5, 5.41) is 4.60. The molecule has 0 fully saturated rings. The normalized spacial score (nSPS) is 12.1. The van der Waals surface area contributed by atoms with Gasteiger partial charge >= 0.3 is 11.7 Å². The van der Waals surface area contributed by atoms with Crippen LogP contribution in [-0.4, -0.2) is 42.2 Å². The van der Waals surface area contributed by atoms with Gasteiger partial charge in [0.25, 0.3) is 5.56 Å². The molecule has 3 rings (SSSR count). The first kappa shape index (κ1) is 21.1. The van der Waals surface area contributed by atoms with Crippen LogP contribution < -0.4 is 20.7 Å². The Morgan fingerprint density at radius 1 is 1.23 bits per heavy atom. The number of nitrogens with zero attached hydrogens (tertiary/aromatic N) is 2. The lowest BCUT2D eigenvalue weighted by Crippen LogP contribution is -2.32. The van der Waals surface area contributed by atoms with Crippen molar-refractivity contribution >= 4 is 34.7 Å². The van der Waals surface area contributed by atoms with Crippen molar-refractivity contribution in [3.05, 3.63) is 67.8 Å². The molecule has 0 spiro atoms. The van der Waals surface area contributed by atoms with E-state index in [1.807, 2.05) is 0 Å². The second-order valence-corrected chi connectivity index (χ2v) is 6.58. The van der Waals surface area contributed by atoms with E-state index in [-0.39, 0.29) is 17.1 Å². The topological polar surface area (TPSA) is 112 Å². The zero-order valence-corrected chi connectivity index (χ0v) is 17.1. The molecule has 0 aliphatic heterocycles. The molecule has 1 heterocycles. The SMILES string of the molecule is COC(=O)[C@@H](C)Oc1c(C=Nn2c(=O)[nH]c3ccccc3c2=O)cc(Cl)cc1OC. The summed E-state index contributed by atoms with van der Waals surface area (Å²) in [7, 11) is 2.64. The second kappa shape index (κ2) is 8.83. The molecule has 1 aromatic heterocycles. The highest BCUT2D eigenvalue weighted by Gasteiger charge is 2.20. The van der Waals surface area contributed by atoms with E-state index in [4.69, 9.17) is 21.1 Å². The van der Waals surface area contributed by atoms with Crippen LogP contribution in [0.5, 0.6) is 11.5 Å². The number of esters is 1. The highest BCUT2D eigenvalue weighted by Crippen LogP contribution is 2.34. The summed E-state index contributed by atoms with van der Waals surface area (Å²) in [6, 6.07) is 9.57. The molecule has 0 aliphatic rings. The number of hydrogen-bond donors (Lipinski definition) is 1. The van der Waals surface area contributed by atoms with Crippen LogP contribution in [0, 0.1) is 0 Å². The highest BCUT2D eigenvalue weighted by molar-refractivity contribution is 6.31. The molecular weight excluding hydrogens is 414 g/mol. The first-order valence-corrected chi connectivity index (χ1v) is 9.14. The van der Waals surface area contributed by atoms with Gasteiger partial charge in [-0.1, -0.05) is 23.7 Å². The Kier molecular flexibility index (Phi) is 6.22. The maximum atomic E-state index is 12.6. The zero-order chi connectivity index (χ0) is 21.8. The van der Waals surface area contributed by atoms with Gasteiger partial charge in [0.2, 0.25) is 0 Å². The first-order valence-electron chi connectivity index (χ1n) is 8.76. The van der Waals surface area contributed by atoms with Crippen molar-refractivity contribution in [1.82, 2.24) is 9.66 Å². The van der Waals surface area contributed by atoms with E-state index in [0.29, 0.717) is 20.6 Å². The molecular formula is C20H18ClN3O6. The third kappa shape index (κ3) is 4.20. The van der Waals surface area contributed by atoms with E-state index >= 15 is 0 Å². The number of hydrogen-bond acceptors (Lipinski definition) is 7. The molecule has 0 aliphatic carbocycles. The third-order valence-electron chi connectivity index (χ3n) is 4.19. The van der Waals surface area contributed by atoms with Crippen LogP contribution >= 0.6 is 11.6 Å². The monoisotopic (exact) mass is 431 g/mol.